The summed E-state index contributed by atoms with van der Waals surface area (Å²) in [6.07, 6.45) is 0. The van der Waals surface area contributed by atoms with Gasteiger partial charge in [-0.25, -0.2) is 0 Å². The molecular formula is C19H22ClNO5. The number of amides is 1. The van der Waals surface area contributed by atoms with E-state index in [4.69, 9.17) is 16.3 Å². The fourth-order valence-corrected chi connectivity index (χ4v) is 3.26. The third kappa shape index (κ3) is 3.75. The zero-order chi connectivity index (χ0) is 19.9. The summed E-state index contributed by atoms with van der Waals surface area (Å²) >= 11 is 6.20. The van der Waals surface area contributed by atoms with E-state index in [9.17, 15) is 19.5 Å². The first-order valence-electron chi connectivity index (χ1n) is 8.13. The van der Waals surface area contributed by atoms with E-state index >= 15 is 0 Å². The molecule has 0 radical (unpaired) electrons. The zero-order valence-electron chi connectivity index (χ0n) is 15.4. The molecule has 1 aliphatic carbocycles. The summed E-state index contributed by atoms with van der Waals surface area (Å²) in [6.45, 7) is 7.96. The van der Waals surface area contributed by atoms with Gasteiger partial charge in [0.2, 0.25) is 0 Å². The smallest absolute Gasteiger partial charge is 0.325 e. The molecule has 0 spiro atoms. The molecule has 0 atom stereocenters. The van der Waals surface area contributed by atoms with Gasteiger partial charge in [0.15, 0.2) is 5.78 Å². The molecule has 0 bridgehead atoms. The van der Waals surface area contributed by atoms with Gasteiger partial charge in [-0.2, -0.15) is 0 Å². The minimum atomic E-state index is -1.10. The van der Waals surface area contributed by atoms with E-state index in [1.54, 1.807) is 52.8 Å². The van der Waals surface area contributed by atoms with Crippen LogP contribution in [0.4, 0.5) is 0 Å². The summed E-state index contributed by atoms with van der Waals surface area (Å²) in [6, 6.07) is 4.83. The summed E-state index contributed by atoms with van der Waals surface area (Å²) in [5.74, 6) is -2.50. The Balaban J connectivity index is 2.33. The molecule has 1 aliphatic rings. The van der Waals surface area contributed by atoms with Crippen LogP contribution in [0.1, 0.15) is 45.7 Å². The van der Waals surface area contributed by atoms with Crippen molar-refractivity contribution in [2.24, 2.45) is 0 Å². The van der Waals surface area contributed by atoms with Crippen LogP contribution in [-0.4, -0.2) is 34.9 Å². The van der Waals surface area contributed by atoms with Crippen LogP contribution in [0.15, 0.2) is 23.8 Å². The molecule has 140 valence electrons. The van der Waals surface area contributed by atoms with Crippen molar-refractivity contribution in [3.8, 4) is 0 Å². The van der Waals surface area contributed by atoms with E-state index < -0.39 is 46.6 Å². The number of Topliss-reactive ketones (excluding diaryl/α,β-unsaturated/α-hetero) is 1. The minimum absolute atomic E-state index is 0.324. The number of carbonyl (C=O) groups excluding carboxylic acids is 3. The molecule has 0 heterocycles. The monoisotopic (exact) mass is 379 g/mol. The summed E-state index contributed by atoms with van der Waals surface area (Å²) in [4.78, 5) is 37.1. The number of ether oxygens (including phenoxy) is 1. The number of hydrogen-bond acceptors (Lipinski definition) is 5. The highest BCUT2D eigenvalue weighted by atomic mass is 35.5. The van der Waals surface area contributed by atoms with Crippen LogP contribution in [0.3, 0.4) is 0 Å². The van der Waals surface area contributed by atoms with Crippen LogP contribution < -0.4 is 5.32 Å². The summed E-state index contributed by atoms with van der Waals surface area (Å²) < 4.78 is 5.11. The molecular weight excluding hydrogens is 358 g/mol. The molecule has 2 rings (SSSR count). The lowest BCUT2D eigenvalue weighted by atomic mass is 9.71. The average Bonchev–Trinajstić information content (AvgIpc) is 2.49. The van der Waals surface area contributed by atoms with Crippen LogP contribution in [0, 0.1) is 0 Å². The Morgan fingerprint density at radius 1 is 1.27 bits per heavy atom. The van der Waals surface area contributed by atoms with Gasteiger partial charge in [-0.05, 0) is 46.2 Å². The molecule has 1 amide bonds. The highest BCUT2D eigenvalue weighted by Crippen LogP contribution is 2.42. The van der Waals surface area contributed by atoms with Gasteiger partial charge in [0.25, 0.3) is 5.91 Å². The normalized spacial score (nSPS) is 16.2. The lowest BCUT2D eigenvalue weighted by molar-refractivity contribution is -0.154. The molecule has 6 nitrogen and oxygen atoms in total. The number of halogens is 1. The van der Waals surface area contributed by atoms with E-state index in [2.05, 4.69) is 5.32 Å². The van der Waals surface area contributed by atoms with Crippen molar-refractivity contribution in [2.45, 2.75) is 45.6 Å². The van der Waals surface area contributed by atoms with Gasteiger partial charge in [-0.3, -0.25) is 14.4 Å². The van der Waals surface area contributed by atoms with Gasteiger partial charge in [-0.1, -0.05) is 23.7 Å². The SMILES string of the molecule is CC(C)(C)OC(=O)CNC(=O)C1=C(O)c2cccc(Cl)c2C(C)(C)C1=O. The quantitative estimate of drug-likeness (QED) is 0.622. The Morgan fingerprint density at radius 3 is 2.46 bits per heavy atom. The number of ketones is 1. The van der Waals surface area contributed by atoms with E-state index in [1.165, 1.54) is 0 Å². The first kappa shape index (κ1) is 20.0. The van der Waals surface area contributed by atoms with E-state index in [1.807, 2.05) is 0 Å². The molecule has 7 heteroatoms. The third-order valence-electron chi connectivity index (χ3n) is 3.97. The van der Waals surface area contributed by atoms with E-state index in [0.29, 0.717) is 16.1 Å². The molecule has 1 aromatic carbocycles. The van der Waals surface area contributed by atoms with Gasteiger partial charge in [-0.15, -0.1) is 0 Å². The van der Waals surface area contributed by atoms with Crippen LogP contribution in [0.25, 0.3) is 5.76 Å². The predicted molar refractivity (Wildman–Crippen MR) is 97.9 cm³/mol. The van der Waals surface area contributed by atoms with Crippen molar-refractivity contribution in [3.63, 3.8) is 0 Å². The average molecular weight is 380 g/mol. The summed E-state index contributed by atoms with van der Waals surface area (Å²) in [7, 11) is 0. The molecule has 2 N–H and O–H groups in total. The van der Waals surface area contributed by atoms with Crippen molar-refractivity contribution in [2.75, 3.05) is 6.54 Å². The molecule has 26 heavy (non-hydrogen) atoms. The summed E-state index contributed by atoms with van der Waals surface area (Å²) in [5, 5.41) is 13.2. The Bertz CT molecular complexity index is 818. The van der Waals surface area contributed by atoms with Crippen LogP contribution >= 0.6 is 11.6 Å². The molecule has 0 unspecified atom stereocenters. The molecule has 0 aromatic heterocycles. The largest absolute Gasteiger partial charge is 0.506 e. The predicted octanol–water partition coefficient (Wildman–Crippen LogP) is 2.93. The molecule has 0 aliphatic heterocycles. The van der Waals surface area contributed by atoms with Gasteiger partial charge >= 0.3 is 5.97 Å². The molecule has 1 aromatic rings. The Hall–Kier alpha value is -2.34. The van der Waals surface area contributed by atoms with Gasteiger partial charge in [0.1, 0.15) is 23.5 Å². The third-order valence-corrected chi connectivity index (χ3v) is 4.28. The molecule has 0 fully saturated rings. The highest BCUT2D eigenvalue weighted by Gasteiger charge is 2.44. The maximum absolute atomic E-state index is 12.8. The van der Waals surface area contributed by atoms with Gasteiger partial charge in [0.05, 0.1) is 5.41 Å². The van der Waals surface area contributed by atoms with Crippen LogP contribution in [0.5, 0.6) is 0 Å². The van der Waals surface area contributed by atoms with Crippen molar-refractivity contribution in [1.82, 2.24) is 5.32 Å². The first-order valence-corrected chi connectivity index (χ1v) is 8.51. The number of benzene rings is 1. The number of aliphatic hydroxyl groups is 1. The lowest BCUT2D eigenvalue weighted by Gasteiger charge is -2.32. The van der Waals surface area contributed by atoms with Crippen molar-refractivity contribution >= 4 is 35.0 Å². The molecule has 0 saturated carbocycles. The Kier molecular flexibility index (Phi) is 5.19. The highest BCUT2D eigenvalue weighted by molar-refractivity contribution is 6.34. The zero-order valence-corrected chi connectivity index (χ0v) is 16.2. The number of esters is 1. The number of nitrogens with one attached hydrogen (secondary N) is 1. The van der Waals surface area contributed by atoms with E-state index in [0.717, 1.165) is 0 Å². The second-order valence-corrected chi connectivity index (χ2v) is 8.02. The number of hydrogen-bond donors (Lipinski definition) is 2. The number of fused-ring (bicyclic) bond motifs is 1. The van der Waals surface area contributed by atoms with Crippen molar-refractivity contribution in [1.29, 1.82) is 0 Å². The van der Waals surface area contributed by atoms with Crippen molar-refractivity contribution in [3.05, 3.63) is 39.9 Å². The second-order valence-electron chi connectivity index (χ2n) is 7.61. The fraction of sp³-hybridized carbons (Fsp3) is 0.421. The maximum Gasteiger partial charge on any atom is 0.325 e. The standard InChI is InChI=1S/C19H22ClNO5/c1-18(2,3)26-12(22)9-21-17(25)13-15(23)10-7-6-8-11(20)14(10)19(4,5)16(13)24/h6-8,23H,9H2,1-5H3,(H,21,25). The second kappa shape index (κ2) is 6.76. The maximum atomic E-state index is 12.8. The van der Waals surface area contributed by atoms with E-state index in [-0.39, 0.29) is 0 Å². The lowest BCUT2D eigenvalue weighted by Crippen LogP contribution is -2.43. The number of rotatable bonds is 3. The van der Waals surface area contributed by atoms with Crippen LogP contribution in [0.2, 0.25) is 5.02 Å². The summed E-state index contributed by atoms with van der Waals surface area (Å²) in [5.41, 5.74) is -1.40. The first-order chi connectivity index (χ1) is 11.9. The minimum Gasteiger partial charge on any atom is -0.506 e. The van der Waals surface area contributed by atoms with Gasteiger partial charge < -0.3 is 15.2 Å². The number of carbonyl (C=O) groups is 3. The topological polar surface area (TPSA) is 92.7 Å². The van der Waals surface area contributed by atoms with Crippen LogP contribution in [-0.2, 0) is 24.5 Å². The van der Waals surface area contributed by atoms with Crippen molar-refractivity contribution < 1.29 is 24.2 Å². The fourth-order valence-electron chi connectivity index (χ4n) is 2.85. The Morgan fingerprint density at radius 2 is 1.88 bits per heavy atom. The number of aliphatic hydroxyl groups excluding tert-OH is 1. The van der Waals surface area contributed by atoms with Gasteiger partial charge in [0, 0.05) is 10.6 Å². The molecule has 0 saturated heterocycles. The Labute approximate surface area is 157 Å².